The molecule has 0 fully saturated rings. The Bertz CT molecular complexity index is 222. The Hall–Kier alpha value is -0.520. The summed E-state index contributed by atoms with van der Waals surface area (Å²) in [5.74, 6) is 3.38. The molecular formula is C13H20. The van der Waals surface area contributed by atoms with Gasteiger partial charge in [0.15, 0.2) is 0 Å². The lowest BCUT2D eigenvalue weighted by atomic mass is 9.71. The van der Waals surface area contributed by atoms with Gasteiger partial charge in [0.2, 0.25) is 0 Å². The first-order valence-corrected chi connectivity index (χ1v) is 5.62. The van der Waals surface area contributed by atoms with Crippen molar-refractivity contribution in [3.8, 4) is 0 Å². The van der Waals surface area contributed by atoms with Crippen molar-refractivity contribution >= 4 is 0 Å². The van der Waals surface area contributed by atoms with Gasteiger partial charge in [0.1, 0.15) is 0 Å². The zero-order chi connectivity index (χ0) is 9.26. The SMILES string of the molecule is CC(C)C1C=CC2C=CCCC2C1. The van der Waals surface area contributed by atoms with Crippen molar-refractivity contribution in [2.75, 3.05) is 0 Å². The Morgan fingerprint density at radius 2 is 2.00 bits per heavy atom. The Kier molecular flexibility index (Phi) is 2.57. The summed E-state index contributed by atoms with van der Waals surface area (Å²) in [5, 5.41) is 0. The van der Waals surface area contributed by atoms with E-state index >= 15 is 0 Å². The standard InChI is InChI=1S/C13H20/c1-10(2)12-8-7-11-5-3-4-6-13(11)9-12/h3,5,7-8,10-13H,4,6,9H2,1-2H3. The van der Waals surface area contributed by atoms with Crippen LogP contribution in [0.15, 0.2) is 24.3 Å². The van der Waals surface area contributed by atoms with Crippen LogP contribution in [0.5, 0.6) is 0 Å². The summed E-state index contributed by atoms with van der Waals surface area (Å²) in [5.41, 5.74) is 0. The fourth-order valence-electron chi connectivity index (χ4n) is 2.60. The molecule has 2 aliphatic carbocycles. The van der Waals surface area contributed by atoms with Crippen LogP contribution in [-0.4, -0.2) is 0 Å². The summed E-state index contributed by atoms with van der Waals surface area (Å²) in [6.45, 7) is 4.68. The van der Waals surface area contributed by atoms with Crippen molar-refractivity contribution in [2.45, 2.75) is 33.1 Å². The normalized spacial score (nSPS) is 37.9. The van der Waals surface area contributed by atoms with E-state index in [9.17, 15) is 0 Å². The fourth-order valence-corrected chi connectivity index (χ4v) is 2.60. The van der Waals surface area contributed by atoms with Gasteiger partial charge < -0.3 is 0 Å². The highest BCUT2D eigenvalue weighted by atomic mass is 14.3. The molecule has 13 heavy (non-hydrogen) atoms. The van der Waals surface area contributed by atoms with Crippen LogP contribution in [0.25, 0.3) is 0 Å². The second-order valence-electron chi connectivity index (χ2n) is 4.87. The van der Waals surface area contributed by atoms with Crippen LogP contribution in [0.1, 0.15) is 33.1 Å². The molecule has 0 radical (unpaired) electrons. The summed E-state index contributed by atoms with van der Waals surface area (Å²) in [4.78, 5) is 0. The molecule has 0 spiro atoms. The van der Waals surface area contributed by atoms with Gasteiger partial charge in [0.05, 0.1) is 0 Å². The molecule has 72 valence electrons. The van der Waals surface area contributed by atoms with Gasteiger partial charge in [-0.2, -0.15) is 0 Å². The van der Waals surface area contributed by atoms with Crippen molar-refractivity contribution < 1.29 is 0 Å². The van der Waals surface area contributed by atoms with Crippen molar-refractivity contribution in [1.29, 1.82) is 0 Å². The van der Waals surface area contributed by atoms with Crippen molar-refractivity contribution in [3.63, 3.8) is 0 Å². The van der Waals surface area contributed by atoms with Crippen LogP contribution in [0.2, 0.25) is 0 Å². The van der Waals surface area contributed by atoms with E-state index in [2.05, 4.69) is 38.2 Å². The average Bonchev–Trinajstić information content (AvgIpc) is 2.17. The molecule has 2 rings (SSSR count). The van der Waals surface area contributed by atoms with Crippen LogP contribution in [0.3, 0.4) is 0 Å². The highest BCUT2D eigenvalue weighted by Crippen LogP contribution is 2.37. The van der Waals surface area contributed by atoms with E-state index in [1.165, 1.54) is 19.3 Å². The molecule has 3 atom stereocenters. The minimum Gasteiger partial charge on any atom is -0.0879 e. The molecule has 0 aromatic heterocycles. The molecule has 0 bridgehead atoms. The molecule has 0 nitrogen and oxygen atoms in total. The summed E-state index contributed by atoms with van der Waals surface area (Å²) in [6, 6.07) is 0. The fraction of sp³-hybridized carbons (Fsp3) is 0.692. The predicted molar refractivity (Wildman–Crippen MR) is 57.4 cm³/mol. The molecule has 0 N–H and O–H groups in total. The van der Waals surface area contributed by atoms with E-state index < -0.39 is 0 Å². The van der Waals surface area contributed by atoms with E-state index in [1.54, 1.807) is 0 Å². The van der Waals surface area contributed by atoms with E-state index in [4.69, 9.17) is 0 Å². The van der Waals surface area contributed by atoms with E-state index in [1.807, 2.05) is 0 Å². The summed E-state index contributed by atoms with van der Waals surface area (Å²) < 4.78 is 0. The van der Waals surface area contributed by atoms with E-state index in [-0.39, 0.29) is 0 Å². The third-order valence-corrected chi connectivity index (χ3v) is 3.62. The molecule has 0 aliphatic heterocycles. The molecule has 0 aromatic rings. The maximum Gasteiger partial charge on any atom is -0.00248 e. The van der Waals surface area contributed by atoms with Gasteiger partial charge in [-0.25, -0.2) is 0 Å². The van der Waals surface area contributed by atoms with Gasteiger partial charge in [-0.1, -0.05) is 38.2 Å². The van der Waals surface area contributed by atoms with Gasteiger partial charge in [0.25, 0.3) is 0 Å². The third kappa shape index (κ3) is 1.87. The first-order valence-electron chi connectivity index (χ1n) is 5.62. The molecule has 0 heteroatoms. The number of hydrogen-bond acceptors (Lipinski definition) is 0. The van der Waals surface area contributed by atoms with Crippen molar-refractivity contribution in [1.82, 2.24) is 0 Å². The van der Waals surface area contributed by atoms with Crippen molar-refractivity contribution in [2.24, 2.45) is 23.7 Å². The molecule has 0 saturated heterocycles. The lowest BCUT2D eigenvalue weighted by Crippen LogP contribution is -2.23. The van der Waals surface area contributed by atoms with Crippen LogP contribution in [0, 0.1) is 23.7 Å². The number of rotatable bonds is 1. The molecule has 0 aromatic carbocycles. The maximum atomic E-state index is 2.45. The van der Waals surface area contributed by atoms with Crippen LogP contribution in [-0.2, 0) is 0 Å². The average molecular weight is 176 g/mol. The van der Waals surface area contributed by atoms with Crippen LogP contribution in [0.4, 0.5) is 0 Å². The Morgan fingerprint density at radius 1 is 1.15 bits per heavy atom. The maximum absolute atomic E-state index is 2.45. The van der Waals surface area contributed by atoms with Crippen LogP contribution >= 0.6 is 0 Å². The second kappa shape index (κ2) is 3.69. The number of allylic oxidation sites excluding steroid dienone is 4. The molecule has 0 heterocycles. The zero-order valence-corrected chi connectivity index (χ0v) is 8.74. The lowest BCUT2D eigenvalue weighted by Gasteiger charge is -2.34. The van der Waals surface area contributed by atoms with Gasteiger partial charge in [0, 0.05) is 0 Å². The molecule has 0 saturated carbocycles. The Labute approximate surface area is 81.7 Å². The van der Waals surface area contributed by atoms with Gasteiger partial charge in [-0.3, -0.25) is 0 Å². The van der Waals surface area contributed by atoms with E-state index in [0.717, 1.165) is 23.7 Å². The van der Waals surface area contributed by atoms with Gasteiger partial charge in [-0.15, -0.1) is 0 Å². The Balaban J connectivity index is 2.08. The van der Waals surface area contributed by atoms with Crippen LogP contribution < -0.4 is 0 Å². The smallest absolute Gasteiger partial charge is 0.00248 e. The summed E-state index contributed by atoms with van der Waals surface area (Å²) >= 11 is 0. The highest BCUT2D eigenvalue weighted by Gasteiger charge is 2.27. The van der Waals surface area contributed by atoms with Crippen molar-refractivity contribution in [3.05, 3.63) is 24.3 Å². The quantitative estimate of drug-likeness (QED) is 0.533. The molecule has 3 unspecified atom stereocenters. The molecule has 0 amide bonds. The van der Waals surface area contributed by atoms with Gasteiger partial charge >= 0.3 is 0 Å². The largest absolute Gasteiger partial charge is 0.0879 e. The van der Waals surface area contributed by atoms with Gasteiger partial charge in [-0.05, 0) is 42.9 Å². The Morgan fingerprint density at radius 3 is 2.77 bits per heavy atom. The lowest BCUT2D eigenvalue weighted by molar-refractivity contribution is 0.278. The highest BCUT2D eigenvalue weighted by molar-refractivity contribution is 5.12. The number of hydrogen-bond donors (Lipinski definition) is 0. The summed E-state index contributed by atoms with van der Waals surface area (Å²) in [7, 11) is 0. The monoisotopic (exact) mass is 176 g/mol. The first kappa shape index (κ1) is 9.05. The summed E-state index contributed by atoms with van der Waals surface area (Å²) in [6.07, 6.45) is 13.8. The third-order valence-electron chi connectivity index (χ3n) is 3.62. The zero-order valence-electron chi connectivity index (χ0n) is 8.74. The second-order valence-corrected chi connectivity index (χ2v) is 4.87. The molecule has 2 aliphatic rings. The number of fused-ring (bicyclic) bond motifs is 1. The molecular weight excluding hydrogens is 156 g/mol. The topological polar surface area (TPSA) is 0 Å². The first-order chi connectivity index (χ1) is 6.27. The minimum absolute atomic E-state index is 0.767. The minimum atomic E-state index is 0.767. The van der Waals surface area contributed by atoms with E-state index in [0.29, 0.717) is 0 Å². The predicted octanol–water partition coefficient (Wildman–Crippen LogP) is 3.80.